The predicted molar refractivity (Wildman–Crippen MR) is 65.8 cm³/mol. The van der Waals surface area contributed by atoms with Crippen molar-refractivity contribution in [1.82, 2.24) is 4.90 Å². The summed E-state index contributed by atoms with van der Waals surface area (Å²) < 4.78 is 5.30. The summed E-state index contributed by atoms with van der Waals surface area (Å²) in [4.78, 5) is 24.8. The van der Waals surface area contributed by atoms with Gasteiger partial charge in [0.2, 0.25) is 0 Å². The van der Waals surface area contributed by atoms with Crippen molar-refractivity contribution < 1.29 is 14.3 Å². The van der Waals surface area contributed by atoms with E-state index in [4.69, 9.17) is 4.74 Å². The first-order valence-electron chi connectivity index (χ1n) is 6.31. The number of amides is 1. The van der Waals surface area contributed by atoms with Gasteiger partial charge < -0.3 is 9.64 Å². The van der Waals surface area contributed by atoms with E-state index < -0.39 is 5.60 Å². The molecule has 0 bridgehead atoms. The molecule has 0 aromatic rings. The number of ether oxygens (including phenoxy) is 1. The molecule has 1 amide bonds. The zero-order chi connectivity index (χ0) is 13.1. The number of likely N-dealkylation sites (tertiary alicyclic amines) is 1. The van der Waals surface area contributed by atoms with Gasteiger partial charge in [-0.15, -0.1) is 0 Å². The monoisotopic (exact) mass is 241 g/mol. The summed E-state index contributed by atoms with van der Waals surface area (Å²) in [7, 11) is 0. The third-order valence-corrected chi connectivity index (χ3v) is 2.85. The third-order valence-electron chi connectivity index (χ3n) is 2.85. The standard InChI is InChI=1S/C13H23NO3/c1-5-11(15)8-10-6-7-14(9-10)12(16)17-13(2,3)4/h10H,5-9H2,1-4H3. The number of ketones is 1. The number of carbonyl (C=O) groups excluding carboxylic acids is 2. The van der Waals surface area contributed by atoms with Crippen molar-refractivity contribution in [3.63, 3.8) is 0 Å². The Balaban J connectivity index is 2.39. The largest absolute Gasteiger partial charge is 0.444 e. The fraction of sp³-hybridized carbons (Fsp3) is 0.846. The SMILES string of the molecule is CCC(=O)CC1CCN(C(=O)OC(C)(C)C)C1. The molecule has 1 unspecified atom stereocenters. The maximum Gasteiger partial charge on any atom is 0.410 e. The minimum absolute atomic E-state index is 0.260. The van der Waals surface area contributed by atoms with Gasteiger partial charge in [-0.25, -0.2) is 4.79 Å². The van der Waals surface area contributed by atoms with Gasteiger partial charge in [0.15, 0.2) is 0 Å². The molecule has 1 aliphatic rings. The van der Waals surface area contributed by atoms with Crippen molar-refractivity contribution in [1.29, 1.82) is 0 Å². The number of rotatable bonds is 3. The van der Waals surface area contributed by atoms with Crippen LogP contribution in [0.5, 0.6) is 0 Å². The molecular weight excluding hydrogens is 218 g/mol. The van der Waals surface area contributed by atoms with E-state index in [1.807, 2.05) is 27.7 Å². The highest BCUT2D eigenvalue weighted by atomic mass is 16.6. The van der Waals surface area contributed by atoms with Gasteiger partial charge in [-0.3, -0.25) is 4.79 Å². The molecule has 0 aromatic carbocycles. The van der Waals surface area contributed by atoms with Gasteiger partial charge in [0.1, 0.15) is 11.4 Å². The number of hydrogen-bond acceptors (Lipinski definition) is 3. The molecule has 1 rings (SSSR count). The Kier molecular flexibility index (Phi) is 4.54. The molecule has 1 aliphatic heterocycles. The van der Waals surface area contributed by atoms with Crippen LogP contribution in [0.3, 0.4) is 0 Å². The second-order valence-electron chi connectivity index (χ2n) is 5.68. The molecule has 98 valence electrons. The van der Waals surface area contributed by atoms with Crippen LogP contribution in [0.1, 0.15) is 47.0 Å². The van der Waals surface area contributed by atoms with Gasteiger partial charge >= 0.3 is 6.09 Å². The summed E-state index contributed by atoms with van der Waals surface area (Å²) >= 11 is 0. The molecule has 1 fully saturated rings. The minimum Gasteiger partial charge on any atom is -0.444 e. The van der Waals surface area contributed by atoms with E-state index in [0.717, 1.165) is 6.42 Å². The van der Waals surface area contributed by atoms with E-state index in [1.54, 1.807) is 4.90 Å². The molecule has 0 N–H and O–H groups in total. The Hall–Kier alpha value is -1.06. The Bertz CT molecular complexity index is 294. The lowest BCUT2D eigenvalue weighted by Gasteiger charge is -2.24. The van der Waals surface area contributed by atoms with Crippen LogP contribution in [0.15, 0.2) is 0 Å². The topological polar surface area (TPSA) is 46.6 Å². The second-order valence-corrected chi connectivity index (χ2v) is 5.68. The lowest BCUT2D eigenvalue weighted by Crippen LogP contribution is -2.35. The van der Waals surface area contributed by atoms with Crippen LogP contribution in [0.2, 0.25) is 0 Å². The Morgan fingerprint density at radius 1 is 1.35 bits per heavy atom. The molecule has 0 aliphatic carbocycles. The van der Waals surface area contributed by atoms with Crippen LogP contribution in [0, 0.1) is 5.92 Å². The highest BCUT2D eigenvalue weighted by Crippen LogP contribution is 2.22. The number of hydrogen-bond donors (Lipinski definition) is 0. The molecule has 0 aromatic heterocycles. The van der Waals surface area contributed by atoms with Gasteiger partial charge in [0.05, 0.1) is 0 Å². The fourth-order valence-corrected chi connectivity index (χ4v) is 1.96. The molecule has 17 heavy (non-hydrogen) atoms. The summed E-state index contributed by atoms with van der Waals surface area (Å²) in [5.41, 5.74) is -0.450. The van der Waals surface area contributed by atoms with Crippen molar-refractivity contribution >= 4 is 11.9 Å². The average molecular weight is 241 g/mol. The summed E-state index contributed by atoms with van der Waals surface area (Å²) in [6.07, 6.45) is 1.83. The van der Waals surface area contributed by atoms with E-state index in [2.05, 4.69) is 0 Å². The fourth-order valence-electron chi connectivity index (χ4n) is 1.96. The first kappa shape index (κ1) is 14.0. The van der Waals surface area contributed by atoms with Crippen molar-refractivity contribution in [3.05, 3.63) is 0 Å². The van der Waals surface area contributed by atoms with Crippen LogP contribution >= 0.6 is 0 Å². The van der Waals surface area contributed by atoms with Gasteiger partial charge in [-0.1, -0.05) is 6.92 Å². The summed E-state index contributed by atoms with van der Waals surface area (Å²) in [6.45, 7) is 8.82. The summed E-state index contributed by atoms with van der Waals surface area (Å²) in [6, 6.07) is 0. The van der Waals surface area contributed by atoms with E-state index >= 15 is 0 Å². The highest BCUT2D eigenvalue weighted by Gasteiger charge is 2.30. The maximum absolute atomic E-state index is 11.8. The van der Waals surface area contributed by atoms with Crippen molar-refractivity contribution in [2.45, 2.75) is 52.6 Å². The quantitative estimate of drug-likeness (QED) is 0.763. The van der Waals surface area contributed by atoms with Gasteiger partial charge in [0.25, 0.3) is 0 Å². The molecule has 0 saturated carbocycles. The van der Waals surface area contributed by atoms with Crippen LogP contribution in [0.25, 0.3) is 0 Å². The number of carbonyl (C=O) groups is 2. The van der Waals surface area contributed by atoms with E-state index in [1.165, 1.54) is 0 Å². The van der Waals surface area contributed by atoms with Crippen molar-refractivity contribution in [2.75, 3.05) is 13.1 Å². The van der Waals surface area contributed by atoms with E-state index in [0.29, 0.717) is 31.8 Å². The highest BCUT2D eigenvalue weighted by molar-refractivity contribution is 5.78. The molecule has 1 atom stereocenters. The average Bonchev–Trinajstić information content (AvgIpc) is 2.63. The Morgan fingerprint density at radius 2 is 2.00 bits per heavy atom. The molecule has 1 saturated heterocycles. The van der Waals surface area contributed by atoms with Crippen LogP contribution < -0.4 is 0 Å². The maximum atomic E-state index is 11.8. The third kappa shape index (κ3) is 4.75. The Morgan fingerprint density at radius 3 is 2.53 bits per heavy atom. The first-order chi connectivity index (χ1) is 7.81. The summed E-state index contributed by atoms with van der Waals surface area (Å²) in [5.74, 6) is 0.594. The van der Waals surface area contributed by atoms with E-state index in [-0.39, 0.29) is 11.9 Å². The minimum atomic E-state index is -0.450. The van der Waals surface area contributed by atoms with Crippen molar-refractivity contribution in [2.24, 2.45) is 5.92 Å². The first-order valence-corrected chi connectivity index (χ1v) is 6.31. The van der Waals surface area contributed by atoms with Crippen LogP contribution in [0.4, 0.5) is 4.79 Å². The molecule has 4 heteroatoms. The zero-order valence-corrected chi connectivity index (χ0v) is 11.3. The molecule has 0 radical (unpaired) electrons. The van der Waals surface area contributed by atoms with Crippen LogP contribution in [-0.4, -0.2) is 35.5 Å². The lowest BCUT2D eigenvalue weighted by atomic mass is 10.0. The van der Waals surface area contributed by atoms with Gasteiger partial charge in [-0.2, -0.15) is 0 Å². The van der Waals surface area contributed by atoms with Gasteiger partial charge in [-0.05, 0) is 33.1 Å². The Labute approximate surface area is 103 Å². The summed E-state index contributed by atoms with van der Waals surface area (Å²) in [5, 5.41) is 0. The molecule has 0 spiro atoms. The lowest BCUT2D eigenvalue weighted by molar-refractivity contribution is -0.119. The smallest absolute Gasteiger partial charge is 0.410 e. The molecule has 4 nitrogen and oxygen atoms in total. The normalized spacial score (nSPS) is 20.5. The molecular formula is C13H23NO3. The second kappa shape index (κ2) is 5.52. The van der Waals surface area contributed by atoms with E-state index in [9.17, 15) is 9.59 Å². The van der Waals surface area contributed by atoms with Crippen LogP contribution in [-0.2, 0) is 9.53 Å². The zero-order valence-electron chi connectivity index (χ0n) is 11.3. The number of Topliss-reactive ketones (excluding diaryl/α,β-unsaturated/α-hetero) is 1. The molecule has 1 heterocycles. The number of nitrogens with zero attached hydrogens (tertiary/aromatic N) is 1. The van der Waals surface area contributed by atoms with Crippen molar-refractivity contribution in [3.8, 4) is 0 Å². The van der Waals surface area contributed by atoms with Gasteiger partial charge in [0, 0.05) is 25.9 Å². The predicted octanol–water partition coefficient (Wildman–Crippen LogP) is 2.61.